The molecule has 2 aromatic heterocycles. The zero-order chi connectivity index (χ0) is 14.4. The summed E-state index contributed by atoms with van der Waals surface area (Å²) < 4.78 is 27.2. The van der Waals surface area contributed by atoms with Crippen LogP contribution in [0.4, 0.5) is 14.6 Å². The van der Waals surface area contributed by atoms with Gasteiger partial charge in [0, 0.05) is 24.9 Å². The molecule has 1 aliphatic heterocycles. The van der Waals surface area contributed by atoms with E-state index in [1.807, 2.05) is 16.6 Å². The van der Waals surface area contributed by atoms with Crippen LogP contribution in [-0.2, 0) is 0 Å². The van der Waals surface area contributed by atoms with Gasteiger partial charge in [0.25, 0.3) is 0 Å². The first kappa shape index (κ1) is 12.9. The molecule has 3 heterocycles. The molecule has 0 amide bonds. The van der Waals surface area contributed by atoms with Crippen LogP contribution in [0.2, 0.25) is 0 Å². The summed E-state index contributed by atoms with van der Waals surface area (Å²) in [7, 11) is 0. The molecule has 4 rings (SSSR count). The lowest BCUT2D eigenvalue weighted by Gasteiger charge is -2.32. The molecule has 1 aliphatic carbocycles. The molecule has 2 aromatic rings. The van der Waals surface area contributed by atoms with E-state index in [1.54, 1.807) is 0 Å². The molecular formula is C14H17F2N5. The molecule has 112 valence electrons. The smallest absolute Gasteiger partial charge is 0.241 e. The van der Waals surface area contributed by atoms with Gasteiger partial charge in [-0.1, -0.05) is 0 Å². The van der Waals surface area contributed by atoms with Crippen molar-refractivity contribution in [3.8, 4) is 0 Å². The van der Waals surface area contributed by atoms with Crippen molar-refractivity contribution >= 4 is 11.5 Å². The average Bonchev–Trinajstić information content (AvgIpc) is 3.26. The van der Waals surface area contributed by atoms with Gasteiger partial charge in [0.1, 0.15) is 5.82 Å². The minimum Gasteiger partial charge on any atom is -0.355 e. The first-order chi connectivity index (χ1) is 10.2. The van der Waals surface area contributed by atoms with Crippen molar-refractivity contribution in [3.63, 3.8) is 0 Å². The average molecular weight is 293 g/mol. The molecule has 0 aromatic carbocycles. The number of nitrogens with zero attached hydrogens (tertiary/aromatic N) is 5. The van der Waals surface area contributed by atoms with Crippen molar-refractivity contribution in [1.82, 2.24) is 19.8 Å². The Kier molecular flexibility index (Phi) is 3.01. The van der Waals surface area contributed by atoms with Crippen LogP contribution in [0.3, 0.4) is 0 Å². The zero-order valence-corrected chi connectivity index (χ0v) is 11.6. The van der Waals surface area contributed by atoms with Crippen LogP contribution >= 0.6 is 0 Å². The molecule has 1 saturated carbocycles. The fourth-order valence-corrected chi connectivity index (χ4v) is 2.94. The van der Waals surface area contributed by atoms with E-state index in [1.165, 1.54) is 0 Å². The Morgan fingerprint density at radius 1 is 1.05 bits per heavy atom. The second-order valence-electron chi connectivity index (χ2n) is 5.95. The predicted molar refractivity (Wildman–Crippen MR) is 73.7 cm³/mol. The van der Waals surface area contributed by atoms with Crippen LogP contribution in [0.25, 0.3) is 5.65 Å². The molecule has 0 atom stereocenters. The van der Waals surface area contributed by atoms with E-state index >= 15 is 0 Å². The fourth-order valence-electron chi connectivity index (χ4n) is 2.94. The molecule has 0 N–H and O–H groups in total. The van der Waals surface area contributed by atoms with Gasteiger partial charge < -0.3 is 4.90 Å². The van der Waals surface area contributed by atoms with Gasteiger partial charge in [-0.25, -0.2) is 8.78 Å². The number of hydrogen-bond acceptors (Lipinski definition) is 4. The topological polar surface area (TPSA) is 46.3 Å². The maximum Gasteiger partial charge on any atom is 0.241 e. The number of aromatic nitrogens is 4. The molecule has 0 bridgehead atoms. The second kappa shape index (κ2) is 4.89. The number of hydrogen-bond donors (Lipinski definition) is 0. The van der Waals surface area contributed by atoms with Crippen LogP contribution in [0.1, 0.15) is 37.4 Å². The summed E-state index contributed by atoms with van der Waals surface area (Å²) in [5.74, 6) is 1.76. The predicted octanol–water partition coefficient (Wildman–Crippen LogP) is 2.48. The number of alkyl halides is 2. The highest BCUT2D eigenvalue weighted by atomic mass is 19.3. The minimum atomic E-state index is -2.21. The molecule has 0 unspecified atom stereocenters. The standard InChI is InChI=1S/C14H17F2N5/c15-13(16)9-5-7-20(8-6-9)12-4-3-11-17-18-14(10-1-2-10)21(11)19-12/h3-4,9-10,13H,1-2,5-8H2. The molecule has 2 aliphatic rings. The van der Waals surface area contributed by atoms with E-state index in [4.69, 9.17) is 0 Å². The van der Waals surface area contributed by atoms with Gasteiger partial charge in [-0.05, 0) is 37.8 Å². The maximum atomic E-state index is 12.7. The Balaban J connectivity index is 1.58. The van der Waals surface area contributed by atoms with E-state index in [9.17, 15) is 8.78 Å². The summed E-state index contributed by atoms with van der Waals surface area (Å²) in [6.45, 7) is 1.27. The summed E-state index contributed by atoms with van der Waals surface area (Å²) in [4.78, 5) is 2.08. The van der Waals surface area contributed by atoms with E-state index < -0.39 is 12.3 Å². The van der Waals surface area contributed by atoms with Crippen molar-refractivity contribution in [3.05, 3.63) is 18.0 Å². The van der Waals surface area contributed by atoms with Crippen molar-refractivity contribution in [2.45, 2.75) is 38.0 Å². The third kappa shape index (κ3) is 2.34. The lowest BCUT2D eigenvalue weighted by atomic mass is 9.97. The lowest BCUT2D eigenvalue weighted by molar-refractivity contribution is 0.0635. The van der Waals surface area contributed by atoms with Crippen LogP contribution in [0, 0.1) is 5.92 Å². The Labute approximate surface area is 121 Å². The molecular weight excluding hydrogens is 276 g/mol. The van der Waals surface area contributed by atoms with Gasteiger partial charge in [-0.15, -0.1) is 15.3 Å². The highest BCUT2D eigenvalue weighted by Gasteiger charge is 2.30. The van der Waals surface area contributed by atoms with E-state index in [-0.39, 0.29) is 0 Å². The lowest BCUT2D eigenvalue weighted by Crippen LogP contribution is -2.36. The van der Waals surface area contributed by atoms with Gasteiger partial charge in [-0.3, -0.25) is 0 Å². The zero-order valence-electron chi connectivity index (χ0n) is 11.6. The SMILES string of the molecule is FC(F)C1CCN(c2ccc3nnc(C4CC4)n3n2)CC1. The highest BCUT2D eigenvalue weighted by molar-refractivity contribution is 5.46. The normalized spacial score (nSPS) is 20.6. The second-order valence-corrected chi connectivity index (χ2v) is 5.95. The van der Waals surface area contributed by atoms with Gasteiger partial charge >= 0.3 is 0 Å². The molecule has 0 spiro atoms. The molecule has 0 radical (unpaired) electrons. The van der Waals surface area contributed by atoms with Crippen molar-refractivity contribution in [2.75, 3.05) is 18.0 Å². The number of rotatable bonds is 3. The molecule has 5 nitrogen and oxygen atoms in total. The van der Waals surface area contributed by atoms with Crippen molar-refractivity contribution < 1.29 is 8.78 Å². The number of piperidine rings is 1. The quantitative estimate of drug-likeness (QED) is 0.872. The first-order valence-electron chi connectivity index (χ1n) is 7.48. The van der Waals surface area contributed by atoms with Gasteiger partial charge in [0.2, 0.25) is 6.43 Å². The van der Waals surface area contributed by atoms with Crippen LogP contribution in [0.15, 0.2) is 12.1 Å². The molecule has 7 heteroatoms. The van der Waals surface area contributed by atoms with E-state index in [2.05, 4.69) is 20.2 Å². The summed E-state index contributed by atoms with van der Waals surface area (Å²) >= 11 is 0. The van der Waals surface area contributed by atoms with Gasteiger partial charge in [0.05, 0.1) is 0 Å². The van der Waals surface area contributed by atoms with Gasteiger partial charge in [0.15, 0.2) is 11.5 Å². The Morgan fingerprint density at radius 2 is 1.81 bits per heavy atom. The molecule has 21 heavy (non-hydrogen) atoms. The summed E-state index contributed by atoms with van der Waals surface area (Å²) in [6.07, 6.45) is 1.13. The number of halogens is 2. The monoisotopic (exact) mass is 293 g/mol. The van der Waals surface area contributed by atoms with Gasteiger partial charge in [-0.2, -0.15) is 4.52 Å². The Bertz CT molecular complexity index is 644. The first-order valence-corrected chi connectivity index (χ1v) is 7.48. The van der Waals surface area contributed by atoms with Crippen LogP contribution in [0.5, 0.6) is 0 Å². The summed E-state index contributed by atoms with van der Waals surface area (Å²) in [6, 6.07) is 3.81. The Morgan fingerprint density at radius 3 is 2.48 bits per heavy atom. The number of anilines is 1. The third-order valence-electron chi connectivity index (χ3n) is 4.44. The molecule has 2 fully saturated rings. The maximum absolute atomic E-state index is 12.7. The summed E-state index contributed by atoms with van der Waals surface area (Å²) in [5.41, 5.74) is 0.753. The third-order valence-corrected chi connectivity index (χ3v) is 4.44. The van der Waals surface area contributed by atoms with Crippen molar-refractivity contribution in [1.29, 1.82) is 0 Å². The highest BCUT2D eigenvalue weighted by Crippen LogP contribution is 2.38. The van der Waals surface area contributed by atoms with Crippen LogP contribution in [-0.4, -0.2) is 39.3 Å². The van der Waals surface area contributed by atoms with Crippen molar-refractivity contribution in [2.24, 2.45) is 5.92 Å². The van der Waals surface area contributed by atoms with Crippen LogP contribution < -0.4 is 4.90 Å². The number of fused-ring (bicyclic) bond motifs is 1. The van der Waals surface area contributed by atoms with E-state index in [0.717, 1.165) is 30.1 Å². The Hall–Kier alpha value is -1.79. The van der Waals surface area contributed by atoms with E-state index in [0.29, 0.717) is 31.8 Å². The summed E-state index contributed by atoms with van der Waals surface area (Å²) in [5, 5.41) is 13.0. The minimum absolute atomic E-state index is 0.470. The largest absolute Gasteiger partial charge is 0.355 e. The molecule has 1 saturated heterocycles. The fraction of sp³-hybridized carbons (Fsp3) is 0.643.